The highest BCUT2D eigenvalue weighted by molar-refractivity contribution is 5.19. The average Bonchev–Trinajstić information content (AvgIpc) is 2.54. The van der Waals surface area contributed by atoms with Crippen molar-refractivity contribution in [2.24, 2.45) is 0 Å². The highest BCUT2D eigenvalue weighted by atomic mass is 15.0. The molecule has 0 saturated carbocycles. The normalized spacial score (nSPS) is 27.8. The fourth-order valence-corrected chi connectivity index (χ4v) is 2.01. The second-order valence-electron chi connectivity index (χ2n) is 3.97. The Kier molecular flexibility index (Phi) is 2.36. The Balaban J connectivity index is 2.05. The molecule has 1 radical (unpaired) electrons. The molecule has 1 N–H and O–H groups in total. The molecule has 1 aromatic carbocycles. The van der Waals surface area contributed by atoms with E-state index in [0.29, 0.717) is 0 Å². The third-order valence-corrected chi connectivity index (χ3v) is 2.72. The van der Waals surface area contributed by atoms with Crippen molar-refractivity contribution >= 4 is 0 Å². The molecule has 1 aromatic rings. The van der Waals surface area contributed by atoms with Crippen LogP contribution in [0.4, 0.5) is 0 Å². The van der Waals surface area contributed by atoms with Crippen LogP contribution in [0.25, 0.3) is 0 Å². The maximum Gasteiger partial charge on any atom is 0.0222 e. The Morgan fingerprint density at radius 1 is 1.31 bits per heavy atom. The lowest BCUT2D eigenvalue weighted by atomic mass is 9.91. The van der Waals surface area contributed by atoms with Gasteiger partial charge in [0.25, 0.3) is 0 Å². The molecule has 69 valence electrons. The fraction of sp³-hybridized carbons (Fsp3) is 0.417. The molecule has 1 fully saturated rings. The highest BCUT2D eigenvalue weighted by Crippen LogP contribution is 2.22. The van der Waals surface area contributed by atoms with Gasteiger partial charge in [-0.3, -0.25) is 0 Å². The largest absolute Gasteiger partial charge is 0.311 e. The van der Waals surface area contributed by atoms with Gasteiger partial charge in [-0.2, -0.15) is 0 Å². The molecule has 1 nitrogen and oxygen atoms in total. The number of hydrogen-bond acceptors (Lipinski definition) is 1. The van der Waals surface area contributed by atoms with Crippen LogP contribution in [0.5, 0.6) is 0 Å². The van der Waals surface area contributed by atoms with Gasteiger partial charge in [-0.05, 0) is 38.3 Å². The molecule has 0 aromatic heterocycles. The molecule has 1 aliphatic rings. The summed E-state index contributed by atoms with van der Waals surface area (Å²) in [5.41, 5.74) is 1.48. The second-order valence-corrected chi connectivity index (χ2v) is 3.97. The van der Waals surface area contributed by atoms with E-state index in [4.69, 9.17) is 0 Å². The van der Waals surface area contributed by atoms with Gasteiger partial charge in [0.2, 0.25) is 0 Å². The van der Waals surface area contributed by atoms with Crippen LogP contribution < -0.4 is 5.32 Å². The smallest absolute Gasteiger partial charge is 0.0222 e. The standard InChI is InChI=1S/C12H16N/c1-12(8-5-9-13-12)10-11-6-3-2-4-7-11/h2-4,6-7,13H,1,5,8-10H2/t12-/m0/s1. The van der Waals surface area contributed by atoms with Crippen molar-refractivity contribution in [2.75, 3.05) is 6.54 Å². The van der Waals surface area contributed by atoms with Gasteiger partial charge >= 0.3 is 0 Å². The molecule has 0 bridgehead atoms. The third-order valence-electron chi connectivity index (χ3n) is 2.72. The Labute approximate surface area is 80.2 Å². The number of benzene rings is 1. The van der Waals surface area contributed by atoms with Crippen LogP contribution in [0.15, 0.2) is 30.3 Å². The van der Waals surface area contributed by atoms with E-state index in [1.807, 2.05) is 0 Å². The summed E-state index contributed by atoms with van der Waals surface area (Å²) in [6.45, 7) is 5.37. The summed E-state index contributed by atoms with van der Waals surface area (Å²) in [5, 5.41) is 3.47. The molecule has 0 aliphatic carbocycles. The summed E-state index contributed by atoms with van der Waals surface area (Å²) < 4.78 is 0. The zero-order chi connectivity index (χ0) is 9.15. The highest BCUT2D eigenvalue weighted by Gasteiger charge is 2.27. The van der Waals surface area contributed by atoms with Crippen molar-refractivity contribution in [3.63, 3.8) is 0 Å². The van der Waals surface area contributed by atoms with Gasteiger partial charge in [0.05, 0.1) is 0 Å². The molecular weight excluding hydrogens is 158 g/mol. The van der Waals surface area contributed by atoms with Crippen LogP contribution in [-0.4, -0.2) is 12.1 Å². The van der Waals surface area contributed by atoms with E-state index < -0.39 is 0 Å². The SMILES string of the molecule is [CH2][C@@]1(Cc2ccccc2)CCCN1. The minimum absolute atomic E-state index is 0.0986. The first-order valence-electron chi connectivity index (χ1n) is 4.93. The van der Waals surface area contributed by atoms with Crippen LogP contribution in [0.1, 0.15) is 18.4 Å². The molecule has 1 aliphatic heterocycles. The van der Waals surface area contributed by atoms with Crippen molar-refractivity contribution in [3.05, 3.63) is 42.8 Å². The Morgan fingerprint density at radius 3 is 2.69 bits per heavy atom. The molecule has 0 amide bonds. The molecule has 1 heteroatoms. The quantitative estimate of drug-likeness (QED) is 0.724. The van der Waals surface area contributed by atoms with Gasteiger partial charge in [-0.15, -0.1) is 0 Å². The van der Waals surface area contributed by atoms with Gasteiger partial charge in [0.15, 0.2) is 0 Å². The minimum Gasteiger partial charge on any atom is -0.311 e. The zero-order valence-corrected chi connectivity index (χ0v) is 7.92. The molecule has 13 heavy (non-hydrogen) atoms. The van der Waals surface area contributed by atoms with Crippen LogP contribution >= 0.6 is 0 Å². The van der Waals surface area contributed by atoms with Crippen LogP contribution in [-0.2, 0) is 6.42 Å². The molecule has 0 unspecified atom stereocenters. The predicted octanol–water partition coefficient (Wildman–Crippen LogP) is 2.19. The Hall–Kier alpha value is -0.820. The monoisotopic (exact) mass is 174 g/mol. The maximum absolute atomic E-state index is 4.25. The predicted molar refractivity (Wildman–Crippen MR) is 55.5 cm³/mol. The van der Waals surface area contributed by atoms with Gasteiger partial charge in [0, 0.05) is 5.54 Å². The summed E-state index contributed by atoms with van der Waals surface area (Å²) >= 11 is 0. The first-order valence-corrected chi connectivity index (χ1v) is 4.93. The van der Waals surface area contributed by atoms with Crippen LogP contribution in [0, 0.1) is 6.92 Å². The number of hydrogen-bond donors (Lipinski definition) is 1. The van der Waals surface area contributed by atoms with E-state index in [9.17, 15) is 0 Å². The van der Waals surface area contributed by atoms with Crippen LogP contribution in [0.2, 0.25) is 0 Å². The van der Waals surface area contributed by atoms with Crippen LogP contribution in [0.3, 0.4) is 0 Å². The maximum atomic E-state index is 4.25. The lowest BCUT2D eigenvalue weighted by molar-refractivity contribution is 0.463. The first kappa shape index (κ1) is 8.76. The van der Waals surface area contributed by atoms with Gasteiger partial charge in [0.1, 0.15) is 0 Å². The topological polar surface area (TPSA) is 12.0 Å². The van der Waals surface area contributed by atoms with Crippen molar-refractivity contribution < 1.29 is 0 Å². The molecule has 1 atom stereocenters. The fourth-order valence-electron chi connectivity index (χ4n) is 2.01. The van der Waals surface area contributed by atoms with E-state index in [0.717, 1.165) is 13.0 Å². The van der Waals surface area contributed by atoms with Crippen molar-refractivity contribution in [2.45, 2.75) is 24.8 Å². The Bertz CT molecular complexity index is 260. The van der Waals surface area contributed by atoms with Crippen molar-refractivity contribution in [1.29, 1.82) is 0 Å². The van der Waals surface area contributed by atoms with E-state index in [2.05, 4.69) is 42.6 Å². The van der Waals surface area contributed by atoms with E-state index in [1.165, 1.54) is 18.4 Å². The lowest BCUT2D eigenvalue weighted by Gasteiger charge is -2.24. The van der Waals surface area contributed by atoms with E-state index in [1.54, 1.807) is 0 Å². The van der Waals surface area contributed by atoms with E-state index in [-0.39, 0.29) is 5.54 Å². The van der Waals surface area contributed by atoms with Gasteiger partial charge in [-0.25, -0.2) is 0 Å². The van der Waals surface area contributed by atoms with Crippen molar-refractivity contribution in [3.8, 4) is 0 Å². The average molecular weight is 174 g/mol. The molecule has 2 rings (SSSR count). The Morgan fingerprint density at radius 2 is 2.08 bits per heavy atom. The zero-order valence-electron chi connectivity index (χ0n) is 7.92. The second kappa shape index (κ2) is 3.51. The molecular formula is C12H16N. The lowest BCUT2D eigenvalue weighted by Crippen LogP contribution is -2.38. The number of nitrogens with one attached hydrogen (secondary N) is 1. The van der Waals surface area contributed by atoms with E-state index >= 15 is 0 Å². The first-order chi connectivity index (χ1) is 6.29. The molecule has 0 spiro atoms. The number of rotatable bonds is 2. The summed E-state index contributed by atoms with van der Waals surface area (Å²) in [4.78, 5) is 0. The van der Waals surface area contributed by atoms with Crippen molar-refractivity contribution in [1.82, 2.24) is 5.32 Å². The summed E-state index contributed by atoms with van der Waals surface area (Å²) in [6, 6.07) is 10.6. The summed E-state index contributed by atoms with van der Waals surface area (Å²) in [6.07, 6.45) is 3.51. The summed E-state index contributed by atoms with van der Waals surface area (Å²) in [5.74, 6) is 0. The third kappa shape index (κ3) is 2.10. The van der Waals surface area contributed by atoms with Gasteiger partial charge < -0.3 is 5.32 Å². The van der Waals surface area contributed by atoms with Gasteiger partial charge in [-0.1, -0.05) is 30.3 Å². The molecule has 1 heterocycles. The molecule has 1 saturated heterocycles. The summed E-state index contributed by atoms with van der Waals surface area (Å²) in [7, 11) is 0. The minimum atomic E-state index is 0.0986.